The third-order valence-corrected chi connectivity index (χ3v) is 6.05. The number of halogens is 1. The Balaban J connectivity index is 2.35. The highest BCUT2D eigenvalue weighted by Gasteiger charge is 2.27. The fourth-order valence-corrected chi connectivity index (χ4v) is 4.02. The van der Waals surface area contributed by atoms with Gasteiger partial charge in [0, 0.05) is 4.88 Å². The molecule has 1 aliphatic carbocycles. The maximum atomic E-state index is 12.4. The maximum absolute atomic E-state index is 12.4. The summed E-state index contributed by atoms with van der Waals surface area (Å²) in [5.41, 5.74) is 1.66. The summed E-state index contributed by atoms with van der Waals surface area (Å²) in [6.45, 7) is 4.08. The number of aryl methyl sites for hydroxylation is 1. The second-order valence-corrected chi connectivity index (χ2v) is 7.56. The van der Waals surface area contributed by atoms with Gasteiger partial charge >= 0.3 is 5.97 Å². The first-order chi connectivity index (χ1) is 10.6. The van der Waals surface area contributed by atoms with Gasteiger partial charge in [-0.15, -0.1) is 11.3 Å². The Morgan fingerprint density at radius 3 is 2.68 bits per heavy atom. The minimum absolute atomic E-state index is 0.107. The van der Waals surface area contributed by atoms with Crippen LogP contribution in [0.1, 0.15) is 60.3 Å². The molecular weight excluding hydrogens is 366 g/mol. The van der Waals surface area contributed by atoms with E-state index in [9.17, 15) is 9.59 Å². The van der Waals surface area contributed by atoms with Gasteiger partial charge in [-0.1, -0.05) is 29.3 Å². The van der Waals surface area contributed by atoms with Gasteiger partial charge in [-0.05, 0) is 44.6 Å². The molecule has 1 unspecified atom stereocenters. The third kappa shape index (κ3) is 3.90. The standard InChI is InChI=1S/C16H22BrNO3S/c1-3-11(17)14(19)18-15-13(16(20)21-4-2)10-8-6-5-7-9-12(10)22-15/h11H,3-9H2,1-2H3,(H,18,19). The Hall–Kier alpha value is -0.880. The van der Waals surface area contributed by atoms with E-state index in [1.807, 2.05) is 6.92 Å². The highest BCUT2D eigenvalue weighted by atomic mass is 79.9. The van der Waals surface area contributed by atoms with Crippen molar-refractivity contribution in [1.29, 1.82) is 0 Å². The summed E-state index contributed by atoms with van der Waals surface area (Å²) in [4.78, 5) is 25.5. The molecule has 1 atom stereocenters. The van der Waals surface area contributed by atoms with Gasteiger partial charge in [-0.25, -0.2) is 4.79 Å². The lowest BCUT2D eigenvalue weighted by Gasteiger charge is -2.10. The lowest BCUT2D eigenvalue weighted by molar-refractivity contribution is -0.115. The van der Waals surface area contributed by atoms with Crippen molar-refractivity contribution in [3.8, 4) is 0 Å². The van der Waals surface area contributed by atoms with E-state index in [2.05, 4.69) is 21.2 Å². The third-order valence-electron chi connectivity index (χ3n) is 3.78. The Bertz CT molecular complexity index is 556. The lowest BCUT2D eigenvalue weighted by Crippen LogP contribution is -2.23. The number of carbonyl (C=O) groups excluding carboxylic acids is 2. The zero-order valence-electron chi connectivity index (χ0n) is 13.0. The molecule has 22 heavy (non-hydrogen) atoms. The minimum Gasteiger partial charge on any atom is -0.462 e. The lowest BCUT2D eigenvalue weighted by atomic mass is 10.1. The minimum atomic E-state index is -0.320. The van der Waals surface area contributed by atoms with Crippen LogP contribution in [0.5, 0.6) is 0 Å². The molecule has 0 spiro atoms. The average Bonchev–Trinajstić information content (AvgIpc) is 2.67. The molecule has 4 nitrogen and oxygen atoms in total. The van der Waals surface area contributed by atoms with E-state index in [4.69, 9.17) is 4.74 Å². The quantitative estimate of drug-likeness (QED) is 0.465. The van der Waals surface area contributed by atoms with E-state index in [0.717, 1.165) is 31.2 Å². The Morgan fingerprint density at radius 2 is 2.00 bits per heavy atom. The van der Waals surface area contributed by atoms with Gasteiger partial charge in [0.15, 0.2) is 0 Å². The number of hydrogen-bond acceptors (Lipinski definition) is 4. The number of rotatable bonds is 5. The summed E-state index contributed by atoms with van der Waals surface area (Å²) in [5, 5.41) is 3.56. The van der Waals surface area contributed by atoms with E-state index in [-0.39, 0.29) is 16.7 Å². The number of hydrogen-bond donors (Lipinski definition) is 1. The van der Waals surface area contributed by atoms with Crippen molar-refractivity contribution in [2.45, 2.75) is 57.2 Å². The zero-order valence-corrected chi connectivity index (χ0v) is 15.4. The molecule has 0 aliphatic heterocycles. The topological polar surface area (TPSA) is 55.4 Å². The van der Waals surface area contributed by atoms with E-state index >= 15 is 0 Å². The van der Waals surface area contributed by atoms with Gasteiger partial charge in [-0.2, -0.15) is 0 Å². The Kier molecular flexibility index (Phi) is 6.44. The molecule has 1 N–H and O–H groups in total. The molecule has 2 rings (SSSR count). The van der Waals surface area contributed by atoms with Crippen LogP contribution in [0.25, 0.3) is 0 Å². The SMILES string of the molecule is CCOC(=O)c1c(NC(=O)C(Br)CC)sc2c1CCCCC2. The Morgan fingerprint density at radius 1 is 1.27 bits per heavy atom. The molecule has 0 aromatic carbocycles. The largest absolute Gasteiger partial charge is 0.462 e. The summed E-state index contributed by atoms with van der Waals surface area (Å²) in [7, 11) is 0. The van der Waals surface area contributed by atoms with E-state index in [1.54, 1.807) is 6.92 Å². The first-order valence-corrected chi connectivity index (χ1v) is 9.58. The van der Waals surface area contributed by atoms with Crippen molar-refractivity contribution in [3.63, 3.8) is 0 Å². The van der Waals surface area contributed by atoms with Crippen molar-refractivity contribution in [3.05, 3.63) is 16.0 Å². The highest BCUT2D eigenvalue weighted by molar-refractivity contribution is 9.10. The molecule has 0 saturated heterocycles. The number of thiophene rings is 1. The molecule has 0 fully saturated rings. The van der Waals surface area contributed by atoms with Crippen molar-refractivity contribution < 1.29 is 14.3 Å². The second-order valence-electron chi connectivity index (χ2n) is 5.35. The molecule has 0 bridgehead atoms. The summed E-state index contributed by atoms with van der Waals surface area (Å²) in [6, 6.07) is 0. The van der Waals surface area contributed by atoms with Gasteiger partial charge in [0.2, 0.25) is 5.91 Å². The van der Waals surface area contributed by atoms with E-state index in [1.165, 1.54) is 22.6 Å². The molecule has 0 radical (unpaired) electrons. The molecule has 6 heteroatoms. The predicted octanol–water partition coefficient (Wildman–Crippen LogP) is 4.31. The molecule has 1 amide bonds. The number of anilines is 1. The van der Waals surface area contributed by atoms with Crippen molar-refractivity contribution in [2.75, 3.05) is 11.9 Å². The molecule has 1 aromatic rings. The van der Waals surface area contributed by atoms with Crippen LogP contribution in [-0.2, 0) is 22.4 Å². The molecule has 1 heterocycles. The fraction of sp³-hybridized carbons (Fsp3) is 0.625. The van der Waals surface area contributed by atoms with Gasteiger partial charge in [0.05, 0.1) is 17.0 Å². The number of amides is 1. The second kappa shape index (κ2) is 8.11. The van der Waals surface area contributed by atoms with Crippen LogP contribution >= 0.6 is 27.3 Å². The number of nitrogens with one attached hydrogen (secondary N) is 1. The van der Waals surface area contributed by atoms with Crippen LogP contribution in [0, 0.1) is 0 Å². The van der Waals surface area contributed by atoms with Crippen LogP contribution in [0.3, 0.4) is 0 Å². The number of esters is 1. The smallest absolute Gasteiger partial charge is 0.341 e. The van der Waals surface area contributed by atoms with Crippen LogP contribution in [0.15, 0.2) is 0 Å². The number of fused-ring (bicyclic) bond motifs is 1. The number of ether oxygens (including phenoxy) is 1. The fourth-order valence-electron chi connectivity index (χ4n) is 2.63. The molecule has 122 valence electrons. The first-order valence-electron chi connectivity index (χ1n) is 7.85. The van der Waals surface area contributed by atoms with E-state index < -0.39 is 0 Å². The summed E-state index contributed by atoms with van der Waals surface area (Å²) >= 11 is 4.88. The van der Waals surface area contributed by atoms with Gasteiger partial charge < -0.3 is 10.1 Å². The summed E-state index contributed by atoms with van der Waals surface area (Å²) < 4.78 is 5.21. The van der Waals surface area contributed by atoms with Crippen LogP contribution in [0.2, 0.25) is 0 Å². The predicted molar refractivity (Wildman–Crippen MR) is 93.2 cm³/mol. The molecule has 0 saturated carbocycles. The van der Waals surface area contributed by atoms with E-state index in [0.29, 0.717) is 23.6 Å². The zero-order chi connectivity index (χ0) is 16.1. The monoisotopic (exact) mass is 387 g/mol. The average molecular weight is 388 g/mol. The maximum Gasteiger partial charge on any atom is 0.341 e. The highest BCUT2D eigenvalue weighted by Crippen LogP contribution is 2.38. The summed E-state index contributed by atoms with van der Waals surface area (Å²) in [6.07, 6.45) is 5.98. The van der Waals surface area contributed by atoms with Crippen LogP contribution in [0.4, 0.5) is 5.00 Å². The number of alkyl halides is 1. The van der Waals surface area contributed by atoms with Crippen molar-refractivity contribution in [1.82, 2.24) is 0 Å². The molecule has 1 aliphatic rings. The van der Waals surface area contributed by atoms with Gasteiger partial charge in [-0.3, -0.25) is 4.79 Å². The van der Waals surface area contributed by atoms with Crippen molar-refractivity contribution >= 4 is 44.1 Å². The summed E-state index contributed by atoms with van der Waals surface area (Å²) in [5.74, 6) is -0.427. The molecular formula is C16H22BrNO3S. The number of carbonyl (C=O) groups is 2. The van der Waals surface area contributed by atoms with Crippen molar-refractivity contribution in [2.24, 2.45) is 0 Å². The normalized spacial score (nSPS) is 15.6. The van der Waals surface area contributed by atoms with Crippen LogP contribution < -0.4 is 5.32 Å². The first kappa shape index (κ1) is 17.5. The van der Waals surface area contributed by atoms with Gasteiger partial charge in [0.25, 0.3) is 0 Å². The van der Waals surface area contributed by atoms with Gasteiger partial charge in [0.1, 0.15) is 5.00 Å². The van der Waals surface area contributed by atoms with Crippen LogP contribution in [-0.4, -0.2) is 23.3 Å². The Labute approximate surface area is 143 Å². The molecule has 1 aromatic heterocycles.